The third-order valence-electron chi connectivity index (χ3n) is 2.37. The highest BCUT2D eigenvalue weighted by Crippen LogP contribution is 2.17. The number of nitrogens with two attached hydrogens (primary N) is 1. The summed E-state index contributed by atoms with van der Waals surface area (Å²) in [6.45, 7) is 2.14. The van der Waals surface area contributed by atoms with Crippen LogP contribution in [0, 0.1) is 0 Å². The molecule has 1 rings (SSSR count). The fourth-order valence-electron chi connectivity index (χ4n) is 1.43. The lowest BCUT2D eigenvalue weighted by Crippen LogP contribution is -2.03. The van der Waals surface area contributed by atoms with E-state index in [1.165, 1.54) is 7.11 Å². The van der Waals surface area contributed by atoms with E-state index < -0.39 is 0 Å². The van der Waals surface area contributed by atoms with Gasteiger partial charge in [0.05, 0.1) is 12.7 Å². The number of methoxy groups -OCH3 is 1. The van der Waals surface area contributed by atoms with Crippen molar-refractivity contribution in [2.24, 2.45) is 0 Å². The molecule has 0 spiro atoms. The number of rotatable bonds is 4. The zero-order chi connectivity index (χ0) is 11.3. The Balaban J connectivity index is 0.00000225. The largest absolute Gasteiger partial charge is 0.465 e. The first-order chi connectivity index (χ1) is 7.19. The molecule has 4 heteroatoms. The van der Waals surface area contributed by atoms with Gasteiger partial charge in [-0.15, -0.1) is 12.4 Å². The van der Waals surface area contributed by atoms with E-state index in [1.54, 1.807) is 12.1 Å². The van der Waals surface area contributed by atoms with Gasteiger partial charge >= 0.3 is 5.97 Å². The van der Waals surface area contributed by atoms with Gasteiger partial charge < -0.3 is 10.5 Å². The van der Waals surface area contributed by atoms with E-state index in [1.807, 2.05) is 6.07 Å². The molecule has 0 aliphatic carbocycles. The number of hydrogen-bond donors (Lipinski definition) is 1. The molecule has 0 unspecified atom stereocenters. The maximum atomic E-state index is 11.2. The number of unbranched alkanes of at least 4 members (excludes halogenated alkanes) is 1. The zero-order valence-electron chi connectivity index (χ0n) is 9.66. The SMILES string of the molecule is CCCCc1ccc(C(=O)OC)cc1N.Cl. The molecule has 2 N–H and O–H groups in total. The van der Waals surface area contributed by atoms with E-state index >= 15 is 0 Å². The molecule has 0 heterocycles. The molecule has 16 heavy (non-hydrogen) atoms. The van der Waals surface area contributed by atoms with Gasteiger partial charge in [-0.1, -0.05) is 19.4 Å². The van der Waals surface area contributed by atoms with Crippen LogP contribution in [0.25, 0.3) is 0 Å². The van der Waals surface area contributed by atoms with Gasteiger partial charge in [0, 0.05) is 5.69 Å². The number of hydrogen-bond acceptors (Lipinski definition) is 3. The zero-order valence-corrected chi connectivity index (χ0v) is 10.5. The summed E-state index contributed by atoms with van der Waals surface area (Å²) in [5.41, 5.74) is 8.13. The molecule has 0 amide bonds. The Hall–Kier alpha value is -1.22. The van der Waals surface area contributed by atoms with Crippen molar-refractivity contribution >= 4 is 24.1 Å². The van der Waals surface area contributed by atoms with Gasteiger partial charge in [0.1, 0.15) is 0 Å². The summed E-state index contributed by atoms with van der Waals surface area (Å²) < 4.78 is 4.62. The van der Waals surface area contributed by atoms with Crippen LogP contribution in [0.3, 0.4) is 0 Å². The standard InChI is InChI=1S/C12H17NO2.ClH/c1-3-4-5-9-6-7-10(8-11(9)13)12(14)15-2;/h6-8H,3-5,13H2,1-2H3;1H. The number of benzene rings is 1. The number of aryl methyl sites for hydroxylation is 1. The molecule has 3 nitrogen and oxygen atoms in total. The molecule has 0 aliphatic heterocycles. The molecule has 0 aliphatic rings. The Bertz CT molecular complexity index is 353. The van der Waals surface area contributed by atoms with Crippen molar-refractivity contribution in [3.05, 3.63) is 29.3 Å². The van der Waals surface area contributed by atoms with Crippen LogP contribution in [0.5, 0.6) is 0 Å². The summed E-state index contributed by atoms with van der Waals surface area (Å²) in [5.74, 6) is -0.344. The maximum Gasteiger partial charge on any atom is 0.337 e. The van der Waals surface area contributed by atoms with Crippen molar-refractivity contribution in [3.63, 3.8) is 0 Å². The first kappa shape index (κ1) is 14.8. The van der Waals surface area contributed by atoms with Crippen LogP contribution in [0.2, 0.25) is 0 Å². The molecular formula is C12H18ClNO2. The predicted molar refractivity (Wildman–Crippen MR) is 68.1 cm³/mol. The van der Waals surface area contributed by atoms with Crippen LogP contribution in [-0.2, 0) is 11.2 Å². The first-order valence-electron chi connectivity index (χ1n) is 5.15. The molecule has 0 saturated heterocycles. The summed E-state index contributed by atoms with van der Waals surface area (Å²) in [6.07, 6.45) is 3.21. The number of esters is 1. The summed E-state index contributed by atoms with van der Waals surface area (Å²) >= 11 is 0. The van der Waals surface area contributed by atoms with Crippen molar-refractivity contribution in [1.29, 1.82) is 0 Å². The number of ether oxygens (including phenoxy) is 1. The quantitative estimate of drug-likeness (QED) is 0.654. The minimum absolute atomic E-state index is 0. The van der Waals surface area contributed by atoms with Gasteiger partial charge in [-0.25, -0.2) is 4.79 Å². The van der Waals surface area contributed by atoms with Crippen LogP contribution in [0.15, 0.2) is 18.2 Å². The molecule has 0 atom stereocenters. The summed E-state index contributed by atoms with van der Waals surface area (Å²) in [4.78, 5) is 11.2. The second-order valence-corrected chi connectivity index (χ2v) is 3.51. The van der Waals surface area contributed by atoms with Crippen LogP contribution in [0.1, 0.15) is 35.7 Å². The Kier molecular flexibility index (Phi) is 6.58. The van der Waals surface area contributed by atoms with E-state index in [9.17, 15) is 4.79 Å². The summed E-state index contributed by atoms with van der Waals surface area (Å²) in [7, 11) is 1.36. The first-order valence-corrected chi connectivity index (χ1v) is 5.15. The fraction of sp³-hybridized carbons (Fsp3) is 0.417. The molecule has 0 bridgehead atoms. The highest BCUT2D eigenvalue weighted by molar-refractivity contribution is 5.90. The van der Waals surface area contributed by atoms with Gasteiger partial charge in [-0.05, 0) is 30.5 Å². The summed E-state index contributed by atoms with van der Waals surface area (Å²) in [5, 5.41) is 0. The van der Waals surface area contributed by atoms with E-state index in [4.69, 9.17) is 5.73 Å². The number of carbonyl (C=O) groups excluding carboxylic acids is 1. The topological polar surface area (TPSA) is 52.3 Å². The second kappa shape index (κ2) is 7.12. The predicted octanol–water partition coefficient (Wildman–Crippen LogP) is 2.82. The average molecular weight is 244 g/mol. The average Bonchev–Trinajstić information content (AvgIpc) is 2.26. The van der Waals surface area contributed by atoms with E-state index in [-0.39, 0.29) is 18.4 Å². The lowest BCUT2D eigenvalue weighted by atomic mass is 10.0. The lowest BCUT2D eigenvalue weighted by Gasteiger charge is -2.06. The minimum Gasteiger partial charge on any atom is -0.465 e. The molecule has 1 aromatic carbocycles. The van der Waals surface area contributed by atoms with Gasteiger partial charge in [0.15, 0.2) is 0 Å². The highest BCUT2D eigenvalue weighted by atomic mass is 35.5. The van der Waals surface area contributed by atoms with Gasteiger partial charge in [-0.3, -0.25) is 0 Å². The van der Waals surface area contributed by atoms with Crippen LogP contribution >= 0.6 is 12.4 Å². The van der Waals surface area contributed by atoms with Crippen molar-refractivity contribution in [3.8, 4) is 0 Å². The number of anilines is 1. The number of halogens is 1. The Morgan fingerprint density at radius 3 is 2.62 bits per heavy atom. The lowest BCUT2D eigenvalue weighted by molar-refractivity contribution is 0.0601. The fourth-order valence-corrected chi connectivity index (χ4v) is 1.43. The van der Waals surface area contributed by atoms with Crippen molar-refractivity contribution < 1.29 is 9.53 Å². The van der Waals surface area contributed by atoms with E-state index in [2.05, 4.69) is 11.7 Å². The Morgan fingerprint density at radius 1 is 1.44 bits per heavy atom. The minimum atomic E-state index is -0.344. The van der Waals surface area contributed by atoms with Crippen LogP contribution in [0.4, 0.5) is 5.69 Å². The monoisotopic (exact) mass is 243 g/mol. The number of nitrogen functional groups attached to an aromatic ring is 1. The Morgan fingerprint density at radius 2 is 2.12 bits per heavy atom. The molecule has 0 saturated carbocycles. The highest BCUT2D eigenvalue weighted by Gasteiger charge is 2.07. The number of carbonyl (C=O) groups is 1. The van der Waals surface area contributed by atoms with Crippen molar-refractivity contribution in [2.45, 2.75) is 26.2 Å². The summed E-state index contributed by atoms with van der Waals surface area (Å²) in [6, 6.07) is 5.33. The maximum absolute atomic E-state index is 11.2. The van der Waals surface area contributed by atoms with Crippen molar-refractivity contribution in [1.82, 2.24) is 0 Å². The molecule has 0 radical (unpaired) electrons. The third kappa shape index (κ3) is 3.74. The van der Waals surface area contributed by atoms with Crippen LogP contribution < -0.4 is 5.73 Å². The third-order valence-corrected chi connectivity index (χ3v) is 2.37. The Labute approximate surface area is 102 Å². The van der Waals surface area contributed by atoms with Gasteiger partial charge in [0.25, 0.3) is 0 Å². The van der Waals surface area contributed by atoms with Crippen LogP contribution in [-0.4, -0.2) is 13.1 Å². The second-order valence-electron chi connectivity index (χ2n) is 3.51. The molecule has 0 aromatic heterocycles. The molecule has 1 aromatic rings. The van der Waals surface area contributed by atoms with E-state index in [0.717, 1.165) is 24.8 Å². The molecule has 0 fully saturated rings. The van der Waals surface area contributed by atoms with Gasteiger partial charge in [-0.2, -0.15) is 0 Å². The van der Waals surface area contributed by atoms with E-state index in [0.29, 0.717) is 11.3 Å². The normalized spacial score (nSPS) is 9.38. The molecular weight excluding hydrogens is 226 g/mol. The van der Waals surface area contributed by atoms with Crippen molar-refractivity contribution in [2.75, 3.05) is 12.8 Å². The molecule has 90 valence electrons. The smallest absolute Gasteiger partial charge is 0.337 e. The van der Waals surface area contributed by atoms with Gasteiger partial charge in [0.2, 0.25) is 0 Å².